The first-order valence-electron chi connectivity index (χ1n) is 10.4. The second-order valence-electron chi connectivity index (χ2n) is 8.78. The highest BCUT2D eigenvalue weighted by Crippen LogP contribution is 2.41. The number of hydrogen-bond acceptors (Lipinski definition) is 7. The largest absolute Gasteiger partial charge is 0.386 e. The number of β-amino-alcohol motifs (C(OH)–C–C–N with tert-alkyl or cyclic N) is 1. The number of nitrogens with zero attached hydrogens (tertiary/aromatic N) is 5. The Kier molecular flexibility index (Phi) is 4.06. The first-order valence-corrected chi connectivity index (χ1v) is 11.3. The van der Waals surface area contributed by atoms with Crippen LogP contribution < -0.4 is 5.32 Å². The predicted molar refractivity (Wildman–Crippen MR) is 119 cm³/mol. The molecule has 158 valence electrons. The average molecular weight is 435 g/mol. The number of aliphatic hydroxyl groups is 1. The molecule has 0 saturated carbocycles. The van der Waals surface area contributed by atoms with Gasteiger partial charge < -0.3 is 15.3 Å². The Labute approximate surface area is 182 Å². The number of pyridine rings is 1. The lowest BCUT2D eigenvalue weighted by Crippen LogP contribution is -2.63. The lowest BCUT2D eigenvalue weighted by molar-refractivity contribution is -0.156. The molecule has 1 atom stereocenters. The first-order chi connectivity index (χ1) is 15.0. The summed E-state index contributed by atoms with van der Waals surface area (Å²) < 4.78 is 1.82. The summed E-state index contributed by atoms with van der Waals surface area (Å²) in [4.78, 5) is 25.9. The number of aryl methyl sites for hydroxylation is 1. The van der Waals surface area contributed by atoms with Crippen molar-refractivity contribution in [2.45, 2.75) is 31.8 Å². The summed E-state index contributed by atoms with van der Waals surface area (Å²) in [5, 5.41) is 18.7. The van der Waals surface area contributed by atoms with E-state index >= 15 is 0 Å². The van der Waals surface area contributed by atoms with E-state index in [1.807, 2.05) is 28.9 Å². The molecule has 1 saturated heterocycles. The molecular weight excluding hydrogens is 412 g/mol. The Morgan fingerprint density at radius 2 is 2.19 bits per heavy atom. The van der Waals surface area contributed by atoms with E-state index in [9.17, 15) is 9.90 Å². The quantitative estimate of drug-likeness (QED) is 0.515. The number of rotatable bonds is 3. The summed E-state index contributed by atoms with van der Waals surface area (Å²) >= 11 is 1.66. The van der Waals surface area contributed by atoms with Gasteiger partial charge in [0.25, 0.3) is 0 Å². The summed E-state index contributed by atoms with van der Waals surface area (Å²) in [5.74, 6) is 0.938. The highest BCUT2D eigenvalue weighted by atomic mass is 32.1. The number of fused-ring (bicyclic) bond motifs is 4. The van der Waals surface area contributed by atoms with Gasteiger partial charge in [0.05, 0.1) is 29.6 Å². The summed E-state index contributed by atoms with van der Waals surface area (Å²) in [7, 11) is 0. The van der Waals surface area contributed by atoms with Crippen LogP contribution in [0.25, 0.3) is 15.7 Å². The number of carbonyl (C=O) groups is 1. The van der Waals surface area contributed by atoms with Crippen LogP contribution in [0.1, 0.15) is 23.8 Å². The van der Waals surface area contributed by atoms with Gasteiger partial charge in [-0.15, -0.1) is 11.3 Å². The zero-order valence-electron chi connectivity index (χ0n) is 17.1. The van der Waals surface area contributed by atoms with E-state index in [0.29, 0.717) is 13.1 Å². The minimum absolute atomic E-state index is 0.0229. The molecule has 2 aliphatic rings. The molecule has 4 aromatic heterocycles. The number of amides is 1. The van der Waals surface area contributed by atoms with Crippen LogP contribution in [0.5, 0.6) is 0 Å². The molecule has 8 nitrogen and oxygen atoms in total. The van der Waals surface area contributed by atoms with E-state index in [2.05, 4.69) is 20.4 Å². The number of anilines is 2. The van der Waals surface area contributed by atoms with Gasteiger partial charge in [0.2, 0.25) is 5.91 Å². The molecule has 1 aliphatic carbocycles. The van der Waals surface area contributed by atoms with Crippen LogP contribution in [0.4, 0.5) is 11.5 Å². The van der Waals surface area contributed by atoms with Crippen molar-refractivity contribution in [2.24, 2.45) is 5.92 Å². The smallest absolute Gasteiger partial charge is 0.226 e. The van der Waals surface area contributed by atoms with Crippen LogP contribution >= 0.6 is 11.3 Å². The van der Waals surface area contributed by atoms with Crippen LogP contribution in [0.2, 0.25) is 0 Å². The second-order valence-corrected chi connectivity index (χ2v) is 9.86. The van der Waals surface area contributed by atoms with Gasteiger partial charge in [0.1, 0.15) is 17.0 Å². The van der Waals surface area contributed by atoms with Crippen LogP contribution in [0.3, 0.4) is 0 Å². The predicted octanol–water partition coefficient (Wildman–Crippen LogP) is 2.78. The van der Waals surface area contributed by atoms with Crippen LogP contribution in [0, 0.1) is 5.92 Å². The van der Waals surface area contributed by atoms with Gasteiger partial charge >= 0.3 is 0 Å². The fourth-order valence-electron chi connectivity index (χ4n) is 4.74. The maximum Gasteiger partial charge on any atom is 0.226 e. The van der Waals surface area contributed by atoms with E-state index in [0.717, 1.165) is 46.5 Å². The molecule has 0 aromatic carbocycles. The molecular formula is C22H22N6O2S. The third kappa shape index (κ3) is 3.16. The van der Waals surface area contributed by atoms with Crippen molar-refractivity contribution in [3.8, 4) is 0 Å². The molecule has 1 amide bonds. The Morgan fingerprint density at radius 1 is 1.32 bits per heavy atom. The topological polar surface area (TPSA) is 95.6 Å². The van der Waals surface area contributed by atoms with Gasteiger partial charge in [-0.3, -0.25) is 4.79 Å². The van der Waals surface area contributed by atoms with Crippen molar-refractivity contribution >= 4 is 44.5 Å². The summed E-state index contributed by atoms with van der Waals surface area (Å²) in [6.45, 7) is 2.64. The van der Waals surface area contributed by atoms with Gasteiger partial charge in [-0.05, 0) is 49.9 Å². The highest BCUT2D eigenvalue weighted by Gasteiger charge is 2.42. The van der Waals surface area contributed by atoms with Gasteiger partial charge in [-0.25, -0.2) is 14.5 Å². The van der Waals surface area contributed by atoms with Crippen molar-refractivity contribution in [1.82, 2.24) is 24.5 Å². The van der Waals surface area contributed by atoms with Gasteiger partial charge in [-0.2, -0.15) is 5.10 Å². The second kappa shape index (κ2) is 6.73. The number of aromatic nitrogens is 4. The molecule has 4 aromatic rings. The first kappa shape index (κ1) is 18.7. The monoisotopic (exact) mass is 434 g/mol. The van der Waals surface area contributed by atoms with E-state index < -0.39 is 5.60 Å². The number of nitrogens with one attached hydrogen (secondary N) is 1. The van der Waals surface area contributed by atoms with Crippen molar-refractivity contribution in [3.05, 3.63) is 47.4 Å². The third-order valence-electron chi connectivity index (χ3n) is 6.23. The lowest BCUT2D eigenvalue weighted by Gasteiger charge is -2.45. The Bertz CT molecular complexity index is 1320. The van der Waals surface area contributed by atoms with Crippen molar-refractivity contribution in [2.75, 3.05) is 18.4 Å². The van der Waals surface area contributed by atoms with E-state index in [1.54, 1.807) is 35.7 Å². The SMILES string of the molecule is CC1(O)CN(C(=O)[C@H]2CCc3c(sc4ncnc(Nc5ccn6nccc6c5)c34)C2)C1. The number of likely N-dealkylation sites (tertiary alicyclic amines) is 1. The summed E-state index contributed by atoms with van der Waals surface area (Å²) in [6.07, 6.45) is 7.66. The van der Waals surface area contributed by atoms with Gasteiger partial charge in [0, 0.05) is 28.9 Å². The van der Waals surface area contributed by atoms with E-state index in [4.69, 9.17) is 0 Å². The molecule has 2 N–H and O–H groups in total. The molecule has 1 aliphatic heterocycles. The molecule has 1 fully saturated rings. The molecule has 5 heterocycles. The van der Waals surface area contributed by atoms with Crippen LogP contribution in [-0.4, -0.2) is 54.2 Å². The van der Waals surface area contributed by atoms with Crippen molar-refractivity contribution in [3.63, 3.8) is 0 Å². The molecule has 9 heteroatoms. The Balaban J connectivity index is 1.29. The molecule has 31 heavy (non-hydrogen) atoms. The molecule has 6 rings (SSSR count). The molecule has 0 unspecified atom stereocenters. The van der Waals surface area contributed by atoms with Gasteiger partial charge in [-0.1, -0.05) is 0 Å². The fourth-order valence-corrected chi connectivity index (χ4v) is 6.01. The standard InChI is InChI=1S/C22H22N6O2S/c1-22(30)10-27(11-22)21(29)13-2-3-16-17(8-13)31-20-18(16)19(23-12-24-20)26-14-5-7-28-15(9-14)4-6-25-28/h4-7,9,12-13,30H,2-3,8,10-11H2,1H3,(H,23,24,26)/t13-/m0/s1. The van der Waals surface area contributed by atoms with E-state index in [-0.39, 0.29) is 11.8 Å². The minimum atomic E-state index is -0.733. The Hall–Kier alpha value is -3.04. The van der Waals surface area contributed by atoms with Gasteiger partial charge in [0.15, 0.2) is 0 Å². The molecule has 0 radical (unpaired) electrons. The zero-order chi connectivity index (χ0) is 21.2. The highest BCUT2D eigenvalue weighted by molar-refractivity contribution is 7.19. The van der Waals surface area contributed by atoms with Crippen LogP contribution in [0.15, 0.2) is 36.9 Å². The normalized spacial score (nSPS) is 19.9. The molecule has 0 spiro atoms. The zero-order valence-corrected chi connectivity index (χ0v) is 17.9. The third-order valence-corrected chi connectivity index (χ3v) is 7.39. The maximum atomic E-state index is 12.9. The lowest BCUT2D eigenvalue weighted by atomic mass is 9.85. The number of thiophene rings is 1. The van der Waals surface area contributed by atoms with Crippen molar-refractivity contribution in [1.29, 1.82) is 0 Å². The number of carbonyl (C=O) groups excluding carboxylic acids is 1. The Morgan fingerprint density at radius 3 is 3.03 bits per heavy atom. The van der Waals surface area contributed by atoms with Crippen molar-refractivity contribution < 1.29 is 9.90 Å². The summed E-state index contributed by atoms with van der Waals surface area (Å²) in [6, 6.07) is 5.97. The maximum absolute atomic E-state index is 12.9. The van der Waals surface area contributed by atoms with E-state index in [1.165, 1.54) is 10.4 Å². The fraction of sp³-hybridized carbons (Fsp3) is 0.364. The number of hydrogen-bond donors (Lipinski definition) is 2. The molecule has 0 bridgehead atoms. The van der Waals surface area contributed by atoms with Crippen LogP contribution in [-0.2, 0) is 17.6 Å². The summed E-state index contributed by atoms with van der Waals surface area (Å²) in [5.41, 5.74) is 2.48. The average Bonchev–Trinajstić information content (AvgIpc) is 3.35. The minimum Gasteiger partial charge on any atom is -0.386 e.